The molecule has 2 unspecified atom stereocenters. The van der Waals surface area contributed by atoms with Gasteiger partial charge in [0.15, 0.2) is 0 Å². The third-order valence-electron chi connectivity index (χ3n) is 4.12. The highest BCUT2D eigenvalue weighted by atomic mass is 32.2. The van der Waals surface area contributed by atoms with Crippen LogP contribution in [0.2, 0.25) is 0 Å². The zero-order valence-corrected chi connectivity index (χ0v) is 12.3. The van der Waals surface area contributed by atoms with Crippen molar-refractivity contribution < 1.29 is 18.3 Å². The van der Waals surface area contributed by atoms with Crippen LogP contribution in [-0.2, 0) is 16.4 Å². The molecule has 3 rings (SSSR count). The van der Waals surface area contributed by atoms with Gasteiger partial charge < -0.3 is 9.84 Å². The minimum atomic E-state index is -3.47. The van der Waals surface area contributed by atoms with Crippen LogP contribution in [0.3, 0.4) is 0 Å². The van der Waals surface area contributed by atoms with E-state index in [4.69, 9.17) is 4.74 Å². The molecule has 2 aliphatic rings. The predicted molar refractivity (Wildman–Crippen MR) is 74.2 cm³/mol. The second-order valence-corrected chi connectivity index (χ2v) is 7.50. The van der Waals surface area contributed by atoms with E-state index in [0.717, 1.165) is 17.7 Å². The fourth-order valence-electron chi connectivity index (χ4n) is 2.79. The normalized spacial score (nSPS) is 27.1. The van der Waals surface area contributed by atoms with E-state index in [-0.39, 0.29) is 5.92 Å². The van der Waals surface area contributed by atoms with Gasteiger partial charge in [0, 0.05) is 19.5 Å². The summed E-state index contributed by atoms with van der Waals surface area (Å²) in [4.78, 5) is 0.324. The van der Waals surface area contributed by atoms with Crippen molar-refractivity contribution in [2.24, 2.45) is 5.92 Å². The van der Waals surface area contributed by atoms with Crippen LogP contribution in [0.4, 0.5) is 0 Å². The molecule has 1 saturated heterocycles. The van der Waals surface area contributed by atoms with Gasteiger partial charge in [-0.05, 0) is 36.1 Å². The zero-order valence-electron chi connectivity index (χ0n) is 11.4. The van der Waals surface area contributed by atoms with Gasteiger partial charge >= 0.3 is 0 Å². The third kappa shape index (κ3) is 2.32. The first-order chi connectivity index (χ1) is 9.48. The van der Waals surface area contributed by atoms with Crippen LogP contribution in [-0.4, -0.2) is 43.6 Å². The second-order valence-electron chi connectivity index (χ2n) is 5.56. The molecule has 0 radical (unpaired) electrons. The largest absolute Gasteiger partial charge is 0.493 e. The minimum Gasteiger partial charge on any atom is -0.493 e. The number of piperidine rings is 1. The molecule has 0 saturated carbocycles. The topological polar surface area (TPSA) is 66.8 Å². The fourth-order valence-corrected chi connectivity index (χ4v) is 4.39. The molecule has 6 heteroatoms. The van der Waals surface area contributed by atoms with Crippen LogP contribution < -0.4 is 4.74 Å². The van der Waals surface area contributed by atoms with Crippen molar-refractivity contribution in [1.82, 2.24) is 4.31 Å². The number of hydrogen-bond acceptors (Lipinski definition) is 4. The Morgan fingerprint density at radius 3 is 2.95 bits per heavy atom. The number of nitrogens with zero attached hydrogens (tertiary/aromatic N) is 1. The average Bonchev–Trinajstić information content (AvgIpc) is 2.89. The van der Waals surface area contributed by atoms with Crippen molar-refractivity contribution >= 4 is 10.0 Å². The van der Waals surface area contributed by atoms with Gasteiger partial charge in [0.25, 0.3) is 0 Å². The highest BCUT2D eigenvalue weighted by Gasteiger charge is 2.33. The Hall–Kier alpha value is -1.11. The number of aliphatic hydroxyl groups excluding tert-OH is 1. The maximum absolute atomic E-state index is 12.6. The summed E-state index contributed by atoms with van der Waals surface area (Å²) in [7, 11) is -3.47. The van der Waals surface area contributed by atoms with Crippen molar-refractivity contribution in [1.29, 1.82) is 0 Å². The van der Waals surface area contributed by atoms with E-state index in [1.807, 2.05) is 6.92 Å². The quantitative estimate of drug-likeness (QED) is 0.885. The van der Waals surface area contributed by atoms with Gasteiger partial charge in [-0.15, -0.1) is 0 Å². The molecule has 0 amide bonds. The van der Waals surface area contributed by atoms with E-state index < -0.39 is 16.1 Å². The van der Waals surface area contributed by atoms with E-state index in [1.54, 1.807) is 18.2 Å². The summed E-state index contributed by atoms with van der Waals surface area (Å²) in [5.74, 6) is 0.752. The maximum atomic E-state index is 12.6. The van der Waals surface area contributed by atoms with Gasteiger partial charge in [-0.25, -0.2) is 8.42 Å². The summed E-state index contributed by atoms with van der Waals surface area (Å²) in [5.41, 5.74) is 0.955. The lowest BCUT2D eigenvalue weighted by Gasteiger charge is -2.33. The number of fused-ring (bicyclic) bond motifs is 1. The first-order valence-corrected chi connectivity index (χ1v) is 8.36. The van der Waals surface area contributed by atoms with Crippen molar-refractivity contribution in [2.75, 3.05) is 19.7 Å². The van der Waals surface area contributed by atoms with Crippen LogP contribution in [0.15, 0.2) is 23.1 Å². The van der Waals surface area contributed by atoms with Crippen molar-refractivity contribution in [3.63, 3.8) is 0 Å². The molecule has 2 aliphatic heterocycles. The summed E-state index contributed by atoms with van der Waals surface area (Å²) >= 11 is 0. The smallest absolute Gasteiger partial charge is 0.243 e. The summed E-state index contributed by atoms with van der Waals surface area (Å²) in [6, 6.07) is 5.06. The molecule has 1 fully saturated rings. The lowest BCUT2D eigenvalue weighted by Crippen LogP contribution is -2.44. The molecular weight excluding hydrogens is 278 g/mol. The molecule has 0 spiro atoms. The summed E-state index contributed by atoms with van der Waals surface area (Å²) in [6.07, 6.45) is 0.845. The number of benzene rings is 1. The Kier molecular flexibility index (Phi) is 3.48. The van der Waals surface area contributed by atoms with Crippen LogP contribution in [0, 0.1) is 5.92 Å². The number of aliphatic hydroxyl groups is 1. The van der Waals surface area contributed by atoms with E-state index in [2.05, 4.69) is 0 Å². The summed E-state index contributed by atoms with van der Waals surface area (Å²) in [6.45, 7) is 3.24. The van der Waals surface area contributed by atoms with E-state index >= 15 is 0 Å². The summed E-state index contributed by atoms with van der Waals surface area (Å²) < 4.78 is 32.2. The Morgan fingerprint density at radius 1 is 1.40 bits per heavy atom. The molecule has 0 bridgehead atoms. The Balaban J connectivity index is 1.88. The number of rotatable bonds is 2. The van der Waals surface area contributed by atoms with Gasteiger partial charge in [0.05, 0.1) is 17.6 Å². The van der Waals surface area contributed by atoms with Gasteiger partial charge in [-0.1, -0.05) is 6.92 Å². The highest BCUT2D eigenvalue weighted by Crippen LogP contribution is 2.30. The molecule has 20 heavy (non-hydrogen) atoms. The van der Waals surface area contributed by atoms with Gasteiger partial charge in [0.1, 0.15) is 5.75 Å². The highest BCUT2D eigenvalue weighted by molar-refractivity contribution is 7.89. The van der Waals surface area contributed by atoms with E-state index in [9.17, 15) is 13.5 Å². The van der Waals surface area contributed by atoms with Gasteiger partial charge in [-0.3, -0.25) is 0 Å². The van der Waals surface area contributed by atoms with Crippen molar-refractivity contribution in [2.45, 2.75) is 30.8 Å². The van der Waals surface area contributed by atoms with Crippen LogP contribution in [0.5, 0.6) is 5.75 Å². The molecule has 1 aromatic carbocycles. The molecule has 2 atom stereocenters. The first kappa shape index (κ1) is 13.9. The lowest BCUT2D eigenvalue weighted by molar-refractivity contribution is 0.0628. The van der Waals surface area contributed by atoms with Gasteiger partial charge in [-0.2, -0.15) is 4.31 Å². The molecule has 1 aromatic rings. The molecular formula is C14H19NO4S. The predicted octanol–water partition coefficient (Wildman–Crippen LogP) is 1.01. The second kappa shape index (κ2) is 5.02. The maximum Gasteiger partial charge on any atom is 0.243 e. The number of sulfonamides is 1. The van der Waals surface area contributed by atoms with E-state index in [0.29, 0.717) is 31.0 Å². The Morgan fingerprint density at radius 2 is 2.20 bits per heavy atom. The standard InChI is InChI=1S/C14H19NO4S/c1-10-9-15(6-4-13(10)16)20(17,18)12-2-3-14-11(8-12)5-7-19-14/h2-3,8,10,13,16H,4-7,9H2,1H3. The lowest BCUT2D eigenvalue weighted by atomic mass is 9.99. The third-order valence-corrected chi connectivity index (χ3v) is 5.98. The van der Waals surface area contributed by atoms with E-state index in [1.165, 1.54) is 4.31 Å². The number of ether oxygens (including phenoxy) is 1. The average molecular weight is 297 g/mol. The Labute approximate surface area is 119 Å². The SMILES string of the molecule is CC1CN(S(=O)(=O)c2ccc3c(c2)CCO3)CCC1O. The first-order valence-electron chi connectivity index (χ1n) is 6.92. The zero-order chi connectivity index (χ0) is 14.3. The molecule has 0 aliphatic carbocycles. The fraction of sp³-hybridized carbons (Fsp3) is 0.571. The van der Waals surface area contributed by atoms with Crippen molar-refractivity contribution in [3.05, 3.63) is 23.8 Å². The minimum absolute atomic E-state index is 0.0312. The van der Waals surface area contributed by atoms with Crippen LogP contribution >= 0.6 is 0 Å². The van der Waals surface area contributed by atoms with Crippen molar-refractivity contribution in [3.8, 4) is 5.75 Å². The Bertz CT molecular complexity index is 614. The van der Waals surface area contributed by atoms with Gasteiger partial charge in [0.2, 0.25) is 10.0 Å². The number of hydrogen-bond donors (Lipinski definition) is 1. The van der Waals surface area contributed by atoms with Crippen LogP contribution in [0.25, 0.3) is 0 Å². The molecule has 5 nitrogen and oxygen atoms in total. The summed E-state index contributed by atoms with van der Waals surface area (Å²) in [5, 5.41) is 9.72. The van der Waals surface area contributed by atoms with Crippen LogP contribution in [0.1, 0.15) is 18.9 Å². The molecule has 2 heterocycles. The monoisotopic (exact) mass is 297 g/mol. The molecule has 1 N–H and O–H groups in total. The molecule has 110 valence electrons. The molecule has 0 aromatic heterocycles.